The molecule has 0 saturated heterocycles. The number of nitrogens with two attached hydrogens (primary N) is 1. The number of nitrogen functional groups attached to an aromatic ring is 1. The molecule has 0 spiro atoms. The highest BCUT2D eigenvalue weighted by atomic mass is 35.5. The average molecular weight is 223 g/mol. The number of ether oxygens (including phenoxy) is 1. The highest BCUT2D eigenvalue weighted by Gasteiger charge is 2.17. The summed E-state index contributed by atoms with van der Waals surface area (Å²) in [4.78, 5) is 3.74. The van der Waals surface area contributed by atoms with Gasteiger partial charge in [-0.25, -0.2) is 8.78 Å². The van der Waals surface area contributed by atoms with Crippen molar-refractivity contribution in [2.24, 2.45) is 0 Å². The quantitative estimate of drug-likeness (QED) is 0.799. The first kappa shape index (κ1) is 11.0. The van der Waals surface area contributed by atoms with E-state index in [2.05, 4.69) is 4.98 Å². The zero-order valence-corrected chi connectivity index (χ0v) is 8.18. The van der Waals surface area contributed by atoms with Crippen LogP contribution in [0.3, 0.4) is 0 Å². The van der Waals surface area contributed by atoms with Crippen LogP contribution < -0.4 is 10.5 Å². The van der Waals surface area contributed by atoms with E-state index in [0.29, 0.717) is 0 Å². The topological polar surface area (TPSA) is 48.1 Å². The van der Waals surface area contributed by atoms with Crippen LogP contribution in [0.1, 0.15) is 17.6 Å². The highest BCUT2D eigenvalue weighted by molar-refractivity contribution is 6.17. The van der Waals surface area contributed by atoms with E-state index in [0.717, 1.165) is 6.07 Å². The maximum absolute atomic E-state index is 12.5. The van der Waals surface area contributed by atoms with Gasteiger partial charge in [0, 0.05) is 17.2 Å². The number of pyridine rings is 1. The number of methoxy groups -OCH3 is 1. The minimum atomic E-state index is -2.64. The van der Waals surface area contributed by atoms with Crippen molar-refractivity contribution in [2.75, 3.05) is 12.8 Å². The van der Waals surface area contributed by atoms with Crippen LogP contribution in [0, 0.1) is 0 Å². The van der Waals surface area contributed by atoms with Crippen molar-refractivity contribution in [1.82, 2.24) is 4.98 Å². The van der Waals surface area contributed by atoms with E-state index in [4.69, 9.17) is 22.1 Å². The Balaban J connectivity index is 3.28. The molecule has 0 bridgehead atoms. The predicted octanol–water partition coefficient (Wildman–Crippen LogP) is 2.35. The lowest BCUT2D eigenvalue weighted by Gasteiger charge is -2.10. The summed E-state index contributed by atoms with van der Waals surface area (Å²) in [6, 6.07) is 1.14. The summed E-state index contributed by atoms with van der Waals surface area (Å²) in [6.07, 6.45) is -2.64. The molecular weight excluding hydrogens is 214 g/mol. The largest absolute Gasteiger partial charge is 0.481 e. The molecule has 1 aromatic heterocycles. The van der Waals surface area contributed by atoms with E-state index in [1.165, 1.54) is 7.11 Å². The second kappa shape index (κ2) is 4.41. The molecule has 14 heavy (non-hydrogen) atoms. The third-order valence-electron chi connectivity index (χ3n) is 1.75. The van der Waals surface area contributed by atoms with Crippen LogP contribution >= 0.6 is 11.6 Å². The lowest BCUT2D eigenvalue weighted by atomic mass is 10.1. The molecule has 0 amide bonds. The van der Waals surface area contributed by atoms with Crippen LogP contribution in [0.25, 0.3) is 0 Å². The van der Waals surface area contributed by atoms with Crippen molar-refractivity contribution in [1.29, 1.82) is 0 Å². The monoisotopic (exact) mass is 222 g/mol. The maximum Gasteiger partial charge on any atom is 0.264 e. The minimum absolute atomic E-state index is 0.0188. The number of halogens is 3. The van der Waals surface area contributed by atoms with Crippen LogP contribution in [0.2, 0.25) is 0 Å². The summed E-state index contributed by atoms with van der Waals surface area (Å²) < 4.78 is 29.7. The molecule has 1 heterocycles. The molecule has 0 fully saturated rings. The fourth-order valence-corrected chi connectivity index (χ4v) is 1.32. The van der Waals surface area contributed by atoms with Gasteiger partial charge in [-0.2, -0.15) is 4.98 Å². The van der Waals surface area contributed by atoms with Crippen molar-refractivity contribution in [3.05, 3.63) is 17.2 Å². The number of aromatic nitrogens is 1. The van der Waals surface area contributed by atoms with Gasteiger partial charge >= 0.3 is 0 Å². The molecule has 0 unspecified atom stereocenters. The summed E-state index contributed by atoms with van der Waals surface area (Å²) in [5, 5.41) is 0. The second-order valence-corrected chi connectivity index (χ2v) is 2.82. The van der Waals surface area contributed by atoms with Gasteiger partial charge in [-0.1, -0.05) is 0 Å². The van der Waals surface area contributed by atoms with Gasteiger partial charge in [0.2, 0.25) is 5.88 Å². The first-order chi connectivity index (χ1) is 6.60. The third-order valence-corrected chi connectivity index (χ3v) is 2.01. The minimum Gasteiger partial charge on any atom is -0.481 e. The molecule has 1 aromatic rings. The molecule has 3 nitrogen and oxygen atoms in total. The van der Waals surface area contributed by atoms with Crippen LogP contribution in [-0.4, -0.2) is 12.1 Å². The number of anilines is 1. The molecule has 0 aliphatic heterocycles. The Morgan fingerprint density at radius 3 is 2.71 bits per heavy atom. The highest BCUT2D eigenvalue weighted by Crippen LogP contribution is 2.30. The molecule has 0 aliphatic carbocycles. The van der Waals surface area contributed by atoms with Crippen molar-refractivity contribution < 1.29 is 13.5 Å². The predicted molar refractivity (Wildman–Crippen MR) is 49.7 cm³/mol. The smallest absolute Gasteiger partial charge is 0.264 e. The normalized spacial score (nSPS) is 10.6. The summed E-state index contributed by atoms with van der Waals surface area (Å²) in [7, 11) is 1.33. The van der Waals surface area contributed by atoms with E-state index in [1.807, 2.05) is 0 Å². The molecule has 2 N–H and O–H groups in total. The van der Waals surface area contributed by atoms with Crippen molar-refractivity contribution in [3.8, 4) is 5.88 Å². The Labute approximate surface area is 84.8 Å². The zero-order chi connectivity index (χ0) is 10.7. The Bertz CT molecular complexity index is 333. The van der Waals surface area contributed by atoms with Gasteiger partial charge < -0.3 is 10.5 Å². The Morgan fingerprint density at radius 1 is 1.64 bits per heavy atom. The van der Waals surface area contributed by atoms with Crippen LogP contribution in [-0.2, 0) is 5.88 Å². The first-order valence-corrected chi connectivity index (χ1v) is 4.31. The van der Waals surface area contributed by atoms with E-state index < -0.39 is 6.43 Å². The number of alkyl halides is 3. The Morgan fingerprint density at radius 2 is 2.29 bits per heavy atom. The van der Waals surface area contributed by atoms with Crippen LogP contribution in [0.4, 0.5) is 14.6 Å². The van der Waals surface area contributed by atoms with E-state index in [9.17, 15) is 8.78 Å². The van der Waals surface area contributed by atoms with Gasteiger partial charge in [0.1, 0.15) is 5.82 Å². The van der Waals surface area contributed by atoms with E-state index in [-0.39, 0.29) is 28.7 Å². The van der Waals surface area contributed by atoms with Gasteiger partial charge in [-0.05, 0) is 0 Å². The van der Waals surface area contributed by atoms with E-state index >= 15 is 0 Å². The van der Waals surface area contributed by atoms with Gasteiger partial charge in [0.05, 0.1) is 13.0 Å². The van der Waals surface area contributed by atoms with Gasteiger partial charge in [-0.15, -0.1) is 11.6 Å². The van der Waals surface area contributed by atoms with Crippen LogP contribution in [0.5, 0.6) is 5.88 Å². The molecule has 0 aromatic carbocycles. The fourth-order valence-electron chi connectivity index (χ4n) is 1.03. The van der Waals surface area contributed by atoms with Gasteiger partial charge in [0.25, 0.3) is 6.43 Å². The molecule has 78 valence electrons. The molecule has 0 aliphatic rings. The summed E-state index contributed by atoms with van der Waals surface area (Å²) in [5.74, 6) is -0.0519. The number of nitrogens with zero attached hydrogens (tertiary/aromatic N) is 1. The Hall–Kier alpha value is -1.10. The average Bonchev–Trinajstić information content (AvgIpc) is 2.16. The lowest BCUT2D eigenvalue weighted by molar-refractivity contribution is 0.150. The number of hydrogen-bond donors (Lipinski definition) is 1. The first-order valence-electron chi connectivity index (χ1n) is 3.77. The molecule has 0 atom stereocenters. The fraction of sp³-hybridized carbons (Fsp3) is 0.375. The molecule has 6 heteroatoms. The van der Waals surface area contributed by atoms with Gasteiger partial charge in [-0.3, -0.25) is 0 Å². The maximum atomic E-state index is 12.5. The number of hydrogen-bond acceptors (Lipinski definition) is 3. The molecular formula is C8H9ClF2N2O. The van der Waals surface area contributed by atoms with Crippen molar-refractivity contribution in [3.63, 3.8) is 0 Å². The van der Waals surface area contributed by atoms with Crippen molar-refractivity contribution >= 4 is 17.4 Å². The summed E-state index contributed by atoms with van der Waals surface area (Å²) >= 11 is 5.48. The number of rotatable bonds is 3. The van der Waals surface area contributed by atoms with Gasteiger partial charge in [0.15, 0.2) is 0 Å². The zero-order valence-electron chi connectivity index (χ0n) is 7.43. The van der Waals surface area contributed by atoms with E-state index in [1.54, 1.807) is 0 Å². The SMILES string of the molecule is COc1cc(C(F)F)c(CCl)c(N)n1. The standard InChI is InChI=1S/C8H9ClF2N2O/c1-14-6-2-4(7(10)11)5(3-9)8(12)13-6/h2,7H,3H2,1H3,(H2,12,13). The third kappa shape index (κ3) is 2.04. The Kier molecular flexibility index (Phi) is 3.46. The summed E-state index contributed by atoms with van der Waals surface area (Å²) in [6.45, 7) is 0. The second-order valence-electron chi connectivity index (χ2n) is 2.55. The molecule has 0 radical (unpaired) electrons. The van der Waals surface area contributed by atoms with Crippen molar-refractivity contribution in [2.45, 2.75) is 12.3 Å². The molecule has 1 rings (SSSR count). The van der Waals surface area contributed by atoms with Crippen LogP contribution in [0.15, 0.2) is 6.07 Å². The lowest BCUT2D eigenvalue weighted by Crippen LogP contribution is -2.03. The molecule has 0 saturated carbocycles. The summed E-state index contributed by atoms with van der Waals surface area (Å²) in [5.41, 5.74) is 5.36.